The number of hydrogen-bond donors (Lipinski definition) is 1. The summed E-state index contributed by atoms with van der Waals surface area (Å²) < 4.78 is 16.2. The molecular formula is C23H25FN6S. The van der Waals surface area contributed by atoms with Crippen LogP contribution in [0.1, 0.15) is 32.1 Å². The molecule has 2 fully saturated rings. The first-order valence-electron chi connectivity index (χ1n) is 10.9. The van der Waals surface area contributed by atoms with Crippen molar-refractivity contribution in [2.24, 2.45) is 7.05 Å². The fourth-order valence-electron chi connectivity index (χ4n) is 5.19. The number of aryl methyl sites for hydroxylation is 1. The molecular weight excluding hydrogens is 411 g/mol. The van der Waals surface area contributed by atoms with E-state index in [0.717, 1.165) is 32.1 Å². The molecule has 2 saturated heterocycles. The highest BCUT2D eigenvalue weighted by molar-refractivity contribution is 7.21. The number of fused-ring (bicyclic) bond motifs is 4. The first-order valence-corrected chi connectivity index (χ1v) is 11.7. The Kier molecular flexibility index (Phi) is 4.47. The van der Waals surface area contributed by atoms with Gasteiger partial charge in [0.15, 0.2) is 10.9 Å². The second-order valence-electron chi connectivity index (χ2n) is 8.94. The van der Waals surface area contributed by atoms with Gasteiger partial charge in [0.1, 0.15) is 15.9 Å². The Morgan fingerprint density at radius 2 is 1.97 bits per heavy atom. The number of pyridine rings is 1. The zero-order chi connectivity index (χ0) is 21.1. The molecule has 2 atom stereocenters. The van der Waals surface area contributed by atoms with Crippen molar-refractivity contribution < 1.29 is 4.39 Å². The van der Waals surface area contributed by atoms with E-state index in [9.17, 15) is 4.39 Å². The number of nitrogens with zero attached hydrogens (tertiary/aromatic N) is 5. The summed E-state index contributed by atoms with van der Waals surface area (Å²) in [6, 6.07) is 9.17. The van der Waals surface area contributed by atoms with Gasteiger partial charge in [-0.2, -0.15) is 5.10 Å². The van der Waals surface area contributed by atoms with Crippen LogP contribution in [0.25, 0.3) is 32.5 Å². The minimum atomic E-state index is -0.323. The third-order valence-corrected chi connectivity index (χ3v) is 7.81. The average Bonchev–Trinajstić information content (AvgIpc) is 3.35. The minimum absolute atomic E-state index is 0.323. The molecule has 0 saturated carbocycles. The number of aromatic nitrogens is 4. The summed E-state index contributed by atoms with van der Waals surface area (Å²) in [4.78, 5) is 12.9. The summed E-state index contributed by atoms with van der Waals surface area (Å²) in [7, 11) is 3.96. The van der Waals surface area contributed by atoms with E-state index in [1.807, 2.05) is 24.4 Å². The molecule has 6 nitrogen and oxygen atoms in total. The van der Waals surface area contributed by atoms with E-state index >= 15 is 0 Å². The Hall–Kier alpha value is -2.58. The Bertz CT molecular complexity index is 1270. The fourth-order valence-corrected chi connectivity index (χ4v) is 6.16. The predicted octanol–water partition coefficient (Wildman–Crippen LogP) is 4.49. The van der Waals surface area contributed by atoms with E-state index in [1.54, 1.807) is 23.1 Å². The maximum atomic E-state index is 14.5. The third-order valence-electron chi connectivity index (χ3n) is 6.76. The van der Waals surface area contributed by atoms with Crippen molar-refractivity contribution in [1.29, 1.82) is 0 Å². The summed E-state index contributed by atoms with van der Waals surface area (Å²) in [5.74, 6) is -0.323. The van der Waals surface area contributed by atoms with E-state index in [-0.39, 0.29) is 5.82 Å². The molecule has 160 valence electrons. The number of hydrogen-bond acceptors (Lipinski definition) is 6. The first kappa shape index (κ1) is 19.1. The van der Waals surface area contributed by atoms with Crippen molar-refractivity contribution >= 4 is 37.7 Å². The number of piperidine rings is 2. The van der Waals surface area contributed by atoms with Crippen molar-refractivity contribution in [3.63, 3.8) is 0 Å². The van der Waals surface area contributed by atoms with Gasteiger partial charge in [-0.15, -0.1) is 0 Å². The van der Waals surface area contributed by atoms with Gasteiger partial charge in [0.05, 0.1) is 5.69 Å². The quantitative estimate of drug-likeness (QED) is 0.513. The highest BCUT2D eigenvalue weighted by atomic mass is 32.1. The Morgan fingerprint density at radius 3 is 2.77 bits per heavy atom. The molecule has 0 amide bonds. The van der Waals surface area contributed by atoms with Crippen molar-refractivity contribution in [3.8, 4) is 11.3 Å². The maximum absolute atomic E-state index is 14.5. The number of rotatable bonds is 3. The van der Waals surface area contributed by atoms with Crippen LogP contribution in [0.4, 0.5) is 9.52 Å². The van der Waals surface area contributed by atoms with Crippen LogP contribution in [0.15, 0.2) is 30.5 Å². The molecule has 0 spiro atoms. The first-order chi connectivity index (χ1) is 15.0. The fraction of sp³-hybridized carbons (Fsp3) is 0.435. The van der Waals surface area contributed by atoms with Gasteiger partial charge in [0.25, 0.3) is 0 Å². The van der Waals surface area contributed by atoms with Crippen LogP contribution in [0, 0.1) is 5.82 Å². The summed E-state index contributed by atoms with van der Waals surface area (Å²) in [5, 5.41) is 9.75. The lowest BCUT2D eigenvalue weighted by Crippen LogP contribution is -2.54. The summed E-state index contributed by atoms with van der Waals surface area (Å²) in [5.41, 5.74) is 2.80. The van der Waals surface area contributed by atoms with Gasteiger partial charge in [0, 0.05) is 49.4 Å². The molecule has 2 aliphatic heterocycles. The molecule has 0 aliphatic carbocycles. The van der Waals surface area contributed by atoms with E-state index in [2.05, 4.69) is 22.4 Å². The van der Waals surface area contributed by atoms with E-state index in [1.165, 1.54) is 38.2 Å². The smallest absolute Gasteiger partial charge is 0.187 e. The zero-order valence-corrected chi connectivity index (χ0v) is 18.5. The van der Waals surface area contributed by atoms with Crippen LogP contribution in [0.2, 0.25) is 0 Å². The number of anilines is 1. The molecule has 0 radical (unpaired) electrons. The predicted molar refractivity (Wildman–Crippen MR) is 123 cm³/mol. The highest BCUT2D eigenvalue weighted by Gasteiger charge is 2.33. The largest absolute Gasteiger partial charge is 0.348 e. The van der Waals surface area contributed by atoms with Gasteiger partial charge in [-0.3, -0.25) is 4.68 Å². The summed E-state index contributed by atoms with van der Waals surface area (Å²) >= 11 is 1.62. The van der Waals surface area contributed by atoms with Gasteiger partial charge in [-0.1, -0.05) is 17.8 Å². The standard InChI is InChI=1S/C23H25FN6S/c1-29-12-14-8-13(9-18(24)21(14)28-29)19-6-7-20-22(26-19)31-23(27-20)30(2)17-10-15-4-3-5-16(11-17)25-15/h6-9,12,15-17,25H,3-5,10-11H2,1-2H3. The SMILES string of the molecule is CN(c1nc2ccc(-c3cc(F)c4nn(C)cc4c3)nc2s1)C1CC2CCCC(C1)N2. The average molecular weight is 437 g/mol. The van der Waals surface area contributed by atoms with Gasteiger partial charge in [-0.25, -0.2) is 14.4 Å². The van der Waals surface area contributed by atoms with Crippen molar-refractivity contribution in [3.05, 3.63) is 36.3 Å². The Labute approximate surface area is 184 Å². The molecule has 2 unspecified atom stereocenters. The molecule has 6 rings (SSSR count). The van der Waals surface area contributed by atoms with E-state index < -0.39 is 0 Å². The number of halogens is 1. The maximum Gasteiger partial charge on any atom is 0.187 e. The van der Waals surface area contributed by atoms with Crippen LogP contribution >= 0.6 is 11.3 Å². The van der Waals surface area contributed by atoms with Crippen molar-refractivity contribution in [1.82, 2.24) is 25.1 Å². The summed E-state index contributed by atoms with van der Waals surface area (Å²) in [6.45, 7) is 0. The zero-order valence-electron chi connectivity index (χ0n) is 17.7. The number of benzene rings is 1. The highest BCUT2D eigenvalue weighted by Crippen LogP contribution is 2.35. The van der Waals surface area contributed by atoms with Crippen molar-refractivity contribution in [2.45, 2.75) is 50.2 Å². The van der Waals surface area contributed by atoms with Crippen LogP contribution in [0.5, 0.6) is 0 Å². The number of nitrogens with one attached hydrogen (secondary N) is 1. The van der Waals surface area contributed by atoms with Crippen LogP contribution in [0.3, 0.4) is 0 Å². The van der Waals surface area contributed by atoms with Crippen LogP contribution < -0.4 is 10.2 Å². The van der Waals surface area contributed by atoms with Crippen molar-refractivity contribution in [2.75, 3.05) is 11.9 Å². The Balaban J connectivity index is 1.32. The van der Waals surface area contributed by atoms with Crippen LogP contribution in [-0.4, -0.2) is 44.9 Å². The lowest BCUT2D eigenvalue weighted by molar-refractivity contribution is 0.219. The lowest BCUT2D eigenvalue weighted by Gasteiger charge is -2.43. The van der Waals surface area contributed by atoms with Gasteiger partial charge in [0.2, 0.25) is 0 Å². The second-order valence-corrected chi connectivity index (χ2v) is 9.90. The van der Waals surface area contributed by atoms with Gasteiger partial charge < -0.3 is 10.2 Å². The molecule has 1 N–H and O–H groups in total. The van der Waals surface area contributed by atoms with Gasteiger partial charge in [-0.05, 0) is 49.9 Å². The lowest BCUT2D eigenvalue weighted by atomic mass is 9.83. The monoisotopic (exact) mass is 436 g/mol. The molecule has 31 heavy (non-hydrogen) atoms. The topological polar surface area (TPSA) is 58.9 Å². The van der Waals surface area contributed by atoms with E-state index in [4.69, 9.17) is 9.97 Å². The summed E-state index contributed by atoms with van der Waals surface area (Å²) in [6.07, 6.45) is 8.08. The molecule has 5 heterocycles. The number of thiazole rings is 1. The molecule has 3 aromatic heterocycles. The van der Waals surface area contributed by atoms with Gasteiger partial charge >= 0.3 is 0 Å². The second kappa shape index (κ2) is 7.24. The minimum Gasteiger partial charge on any atom is -0.348 e. The Morgan fingerprint density at radius 1 is 1.16 bits per heavy atom. The van der Waals surface area contributed by atoms with Crippen LogP contribution in [-0.2, 0) is 7.05 Å². The molecule has 2 bridgehead atoms. The molecule has 2 aliphatic rings. The third kappa shape index (κ3) is 3.38. The van der Waals surface area contributed by atoms with E-state index in [0.29, 0.717) is 23.6 Å². The molecule has 4 aromatic rings. The molecule has 8 heteroatoms. The normalized spacial score (nSPS) is 23.5. The molecule has 1 aromatic carbocycles.